The lowest BCUT2D eigenvalue weighted by Crippen LogP contribution is -2.16. The maximum absolute atomic E-state index is 11.5. The maximum Gasteiger partial charge on any atom is 0.344 e. The lowest BCUT2D eigenvalue weighted by molar-refractivity contribution is -0.145. The Labute approximate surface area is 169 Å². The van der Waals surface area contributed by atoms with Gasteiger partial charge >= 0.3 is 5.97 Å². The van der Waals surface area contributed by atoms with Crippen LogP contribution in [-0.2, 0) is 9.53 Å². The fourth-order valence-corrected chi connectivity index (χ4v) is 3.15. The van der Waals surface area contributed by atoms with Crippen LogP contribution in [0.5, 0.6) is 11.5 Å². The van der Waals surface area contributed by atoms with Crippen LogP contribution in [0.15, 0.2) is 36.4 Å². The van der Waals surface area contributed by atoms with Gasteiger partial charge in [0.1, 0.15) is 25.4 Å². The molecule has 0 saturated carbocycles. The van der Waals surface area contributed by atoms with Crippen molar-refractivity contribution < 1.29 is 19.0 Å². The summed E-state index contributed by atoms with van der Waals surface area (Å²) in [6.45, 7) is 8.35. The van der Waals surface area contributed by atoms with Crippen molar-refractivity contribution in [2.75, 3.05) is 13.2 Å². The van der Waals surface area contributed by atoms with Crippen LogP contribution in [0, 0.1) is 13.8 Å². The van der Waals surface area contributed by atoms with Crippen LogP contribution in [0.25, 0.3) is 0 Å². The van der Waals surface area contributed by atoms with E-state index in [0.29, 0.717) is 12.4 Å². The molecular weight excluding hydrogens is 351 g/mol. The second-order valence-corrected chi connectivity index (χ2v) is 7.06. The second-order valence-electron chi connectivity index (χ2n) is 7.06. The van der Waals surface area contributed by atoms with Crippen molar-refractivity contribution in [1.82, 2.24) is 0 Å². The summed E-state index contributed by atoms with van der Waals surface area (Å²) in [5.74, 6) is 1.11. The predicted octanol–water partition coefficient (Wildman–Crippen LogP) is 3.81. The molecule has 0 aliphatic rings. The van der Waals surface area contributed by atoms with Crippen molar-refractivity contribution in [3.05, 3.63) is 53.1 Å². The van der Waals surface area contributed by atoms with Crippen LogP contribution in [0.3, 0.4) is 0 Å². The second kappa shape index (κ2) is 10.8. The first-order valence-electron chi connectivity index (χ1n) is 10.1. The first-order chi connectivity index (χ1) is 13.5. The summed E-state index contributed by atoms with van der Waals surface area (Å²) in [6.07, 6.45) is 3.23. The Morgan fingerprint density at radius 2 is 1.93 bits per heavy atom. The molecule has 0 saturated heterocycles. The molecule has 28 heavy (non-hydrogen) atoms. The fraction of sp³-hybridized carbons (Fsp3) is 0.435. The zero-order chi connectivity index (χ0) is 20.5. The Balaban J connectivity index is 2.14. The summed E-state index contributed by atoms with van der Waals surface area (Å²) < 4.78 is 16.9. The molecule has 0 bridgehead atoms. The van der Waals surface area contributed by atoms with Gasteiger partial charge in [-0.2, -0.15) is 0 Å². The van der Waals surface area contributed by atoms with E-state index in [1.54, 1.807) is 6.92 Å². The fourth-order valence-electron chi connectivity index (χ4n) is 3.15. The van der Waals surface area contributed by atoms with Crippen molar-refractivity contribution >= 4 is 19.3 Å². The molecule has 5 heteroatoms. The average Bonchev–Trinajstić information content (AvgIpc) is 2.67. The summed E-state index contributed by atoms with van der Waals surface area (Å²) in [6, 6.07) is 12.1. The molecule has 2 aromatic carbocycles. The summed E-state index contributed by atoms with van der Waals surface area (Å²) >= 11 is 0. The van der Waals surface area contributed by atoms with Crippen LogP contribution in [0.1, 0.15) is 55.9 Å². The zero-order valence-electron chi connectivity index (χ0n) is 17.7. The number of ether oxygens (including phenoxy) is 3. The minimum atomic E-state index is -0.364. The van der Waals surface area contributed by atoms with Gasteiger partial charge < -0.3 is 14.2 Å². The summed E-state index contributed by atoms with van der Waals surface area (Å²) in [5, 5.41) is 0. The quantitative estimate of drug-likeness (QED) is 0.463. The Hall–Kier alpha value is -2.43. The summed E-state index contributed by atoms with van der Waals surface area (Å²) in [5.41, 5.74) is 4.74. The van der Waals surface area contributed by atoms with E-state index in [2.05, 4.69) is 39.9 Å². The van der Waals surface area contributed by atoms with Crippen molar-refractivity contribution in [1.29, 1.82) is 0 Å². The van der Waals surface area contributed by atoms with E-state index in [1.165, 1.54) is 16.6 Å². The van der Waals surface area contributed by atoms with Gasteiger partial charge in [-0.05, 0) is 62.9 Å². The average molecular weight is 382 g/mol. The van der Waals surface area contributed by atoms with Crippen LogP contribution in [0.2, 0.25) is 0 Å². The van der Waals surface area contributed by atoms with Gasteiger partial charge in [-0.3, -0.25) is 0 Å². The normalized spacial score (nSPS) is 11.7. The molecule has 0 N–H and O–H groups in total. The topological polar surface area (TPSA) is 44.8 Å². The molecule has 0 aliphatic carbocycles. The van der Waals surface area contributed by atoms with Gasteiger partial charge in [0.15, 0.2) is 6.61 Å². The number of carbonyl (C=O) groups is 1. The minimum absolute atomic E-state index is 0.0190. The molecule has 1 unspecified atom stereocenters. The smallest absolute Gasteiger partial charge is 0.344 e. The van der Waals surface area contributed by atoms with Crippen molar-refractivity contribution in [3.8, 4) is 11.5 Å². The Morgan fingerprint density at radius 1 is 1.14 bits per heavy atom. The molecule has 0 amide bonds. The summed E-state index contributed by atoms with van der Waals surface area (Å²) in [7, 11) is 2.13. The zero-order valence-corrected chi connectivity index (χ0v) is 17.7. The van der Waals surface area contributed by atoms with E-state index in [-0.39, 0.29) is 18.7 Å². The van der Waals surface area contributed by atoms with Crippen molar-refractivity contribution in [2.45, 2.75) is 53.1 Å². The molecule has 0 aromatic heterocycles. The number of hydrogen-bond acceptors (Lipinski definition) is 4. The van der Waals surface area contributed by atoms with Gasteiger partial charge in [-0.15, -0.1) is 0 Å². The van der Waals surface area contributed by atoms with Gasteiger partial charge in [-0.25, -0.2) is 4.79 Å². The van der Waals surface area contributed by atoms with Crippen LogP contribution in [-0.4, -0.2) is 27.0 Å². The number of aryl methyl sites for hydroxylation is 1. The molecule has 2 aromatic rings. The monoisotopic (exact) mass is 382 g/mol. The van der Waals surface area contributed by atoms with E-state index in [1.807, 2.05) is 25.1 Å². The number of esters is 1. The standard InChI is InChI=1S/C23H31BO4/c1-5-7-11-22(19-9-8-10-20(24)17(19)4)28-18-12-13-21(16(3)14-18)27-15-23(25)26-6-2/h8-10,12-14,22H,5-7,11,15,24H2,1-4H3. The molecule has 1 atom stereocenters. The largest absolute Gasteiger partial charge is 0.486 e. The first kappa shape index (κ1) is 21.9. The third-order valence-electron chi connectivity index (χ3n) is 4.89. The van der Waals surface area contributed by atoms with E-state index in [0.717, 1.165) is 30.6 Å². The van der Waals surface area contributed by atoms with Crippen LogP contribution < -0.4 is 14.9 Å². The van der Waals surface area contributed by atoms with Gasteiger partial charge in [0.05, 0.1) is 6.61 Å². The highest BCUT2D eigenvalue weighted by Crippen LogP contribution is 2.31. The van der Waals surface area contributed by atoms with Gasteiger partial charge in [0, 0.05) is 0 Å². The van der Waals surface area contributed by atoms with Gasteiger partial charge in [0.25, 0.3) is 0 Å². The highest BCUT2D eigenvalue weighted by Gasteiger charge is 2.17. The van der Waals surface area contributed by atoms with E-state index in [9.17, 15) is 4.79 Å². The number of carbonyl (C=O) groups excluding carboxylic acids is 1. The van der Waals surface area contributed by atoms with E-state index in [4.69, 9.17) is 14.2 Å². The third kappa shape index (κ3) is 6.05. The number of hydrogen-bond donors (Lipinski definition) is 0. The number of rotatable bonds is 10. The Kier molecular flexibility index (Phi) is 8.43. The van der Waals surface area contributed by atoms with E-state index < -0.39 is 0 Å². The number of benzene rings is 2. The highest BCUT2D eigenvalue weighted by molar-refractivity contribution is 6.33. The molecule has 0 fully saturated rings. The van der Waals surface area contributed by atoms with Gasteiger partial charge in [-0.1, -0.05) is 42.6 Å². The molecule has 0 aliphatic heterocycles. The SMILES string of the molecule is Bc1cccc(C(CCCC)Oc2ccc(OCC(=O)OCC)c(C)c2)c1C. The predicted molar refractivity (Wildman–Crippen MR) is 116 cm³/mol. The van der Waals surface area contributed by atoms with Crippen LogP contribution in [0.4, 0.5) is 0 Å². The van der Waals surface area contributed by atoms with Crippen molar-refractivity contribution in [3.63, 3.8) is 0 Å². The molecule has 0 heterocycles. The number of unbranched alkanes of at least 4 members (excludes halogenated alkanes) is 1. The van der Waals surface area contributed by atoms with Crippen molar-refractivity contribution in [2.24, 2.45) is 0 Å². The lowest BCUT2D eigenvalue weighted by Gasteiger charge is -2.23. The molecule has 4 nitrogen and oxygen atoms in total. The molecule has 150 valence electrons. The summed E-state index contributed by atoms with van der Waals surface area (Å²) in [4.78, 5) is 11.5. The Morgan fingerprint density at radius 3 is 2.61 bits per heavy atom. The maximum atomic E-state index is 11.5. The molecule has 0 radical (unpaired) electrons. The Bertz CT molecular complexity index is 788. The molecule has 0 spiro atoms. The lowest BCUT2D eigenvalue weighted by atomic mass is 9.86. The van der Waals surface area contributed by atoms with Gasteiger partial charge in [0.2, 0.25) is 0 Å². The third-order valence-corrected chi connectivity index (χ3v) is 4.89. The van der Waals surface area contributed by atoms with Crippen LogP contribution >= 0.6 is 0 Å². The molecular formula is C23H31BO4. The highest BCUT2D eigenvalue weighted by atomic mass is 16.6. The van der Waals surface area contributed by atoms with E-state index >= 15 is 0 Å². The first-order valence-corrected chi connectivity index (χ1v) is 10.1. The molecule has 2 rings (SSSR count). The minimum Gasteiger partial charge on any atom is -0.486 e.